The Morgan fingerprint density at radius 3 is 2.35 bits per heavy atom. The molecular formula is C29H29N2O4PS. The van der Waals surface area contributed by atoms with E-state index < -0.39 is 13.5 Å². The molecule has 2 aromatic heterocycles. The van der Waals surface area contributed by atoms with E-state index in [2.05, 4.69) is 21.9 Å². The number of thiophene rings is 1. The van der Waals surface area contributed by atoms with Crippen LogP contribution in [0.1, 0.15) is 45.9 Å². The van der Waals surface area contributed by atoms with Gasteiger partial charge in [-0.25, -0.2) is 9.78 Å². The van der Waals surface area contributed by atoms with E-state index >= 15 is 0 Å². The number of hydrogen-bond acceptors (Lipinski definition) is 5. The van der Waals surface area contributed by atoms with E-state index in [0.29, 0.717) is 11.0 Å². The highest BCUT2D eigenvalue weighted by Crippen LogP contribution is 2.48. The van der Waals surface area contributed by atoms with Crippen LogP contribution in [-0.2, 0) is 9.09 Å². The largest absolute Gasteiger partial charge is 0.477 e. The number of hydrogen-bond donors (Lipinski definition) is 2. The second kappa shape index (κ2) is 12.5. The molecule has 0 radical (unpaired) electrons. The summed E-state index contributed by atoms with van der Waals surface area (Å²) >= 11 is 1.11. The summed E-state index contributed by atoms with van der Waals surface area (Å²) in [4.78, 5) is 16.9. The first kappa shape index (κ1) is 27.9. The molecule has 0 fully saturated rings. The highest BCUT2D eigenvalue weighted by molar-refractivity contribution is 7.68. The third-order valence-electron chi connectivity index (χ3n) is 5.29. The molecule has 0 bridgehead atoms. The van der Waals surface area contributed by atoms with Crippen molar-refractivity contribution in [1.29, 1.82) is 0 Å². The molecule has 2 N–H and O–H groups in total. The van der Waals surface area contributed by atoms with Gasteiger partial charge in [0, 0.05) is 23.7 Å². The van der Waals surface area contributed by atoms with Gasteiger partial charge in [-0.1, -0.05) is 55.7 Å². The number of nitrogens with one attached hydrogen (secondary N) is 1. The van der Waals surface area contributed by atoms with Gasteiger partial charge in [0.2, 0.25) is 0 Å². The molecule has 0 aliphatic carbocycles. The molecule has 0 aliphatic rings. The van der Waals surface area contributed by atoms with Gasteiger partial charge in [0.1, 0.15) is 10.6 Å². The zero-order valence-electron chi connectivity index (χ0n) is 21.4. The quantitative estimate of drug-likeness (QED) is 0.203. The Morgan fingerprint density at radius 2 is 1.76 bits per heavy atom. The lowest BCUT2D eigenvalue weighted by atomic mass is 10.1. The summed E-state index contributed by atoms with van der Waals surface area (Å²) in [6.45, 7) is 7.80. The molecule has 2 aromatic carbocycles. The fourth-order valence-corrected chi connectivity index (χ4v) is 6.30. The maximum absolute atomic E-state index is 13.7. The minimum atomic E-state index is -3.55. The van der Waals surface area contributed by atoms with Gasteiger partial charge in [-0.3, -0.25) is 4.57 Å². The van der Waals surface area contributed by atoms with E-state index in [1.807, 2.05) is 82.3 Å². The number of benzene rings is 2. The molecule has 0 spiro atoms. The molecule has 2 heterocycles. The van der Waals surface area contributed by atoms with Crippen molar-refractivity contribution in [3.63, 3.8) is 0 Å². The second-order valence-electron chi connectivity index (χ2n) is 7.84. The highest BCUT2D eigenvalue weighted by Gasteiger charge is 2.30. The van der Waals surface area contributed by atoms with Crippen molar-refractivity contribution in [2.75, 3.05) is 12.2 Å². The Kier molecular flexibility index (Phi) is 9.43. The number of anilines is 1. The molecular weight excluding hydrogens is 503 g/mol. The minimum Gasteiger partial charge on any atom is -0.477 e. The van der Waals surface area contributed by atoms with Crippen LogP contribution in [0.2, 0.25) is 0 Å². The molecule has 37 heavy (non-hydrogen) atoms. The van der Waals surface area contributed by atoms with E-state index in [9.17, 15) is 14.5 Å². The highest BCUT2D eigenvalue weighted by atomic mass is 32.1. The Bertz CT molecular complexity index is 1490. The van der Waals surface area contributed by atoms with Crippen LogP contribution in [0.5, 0.6) is 0 Å². The predicted octanol–water partition coefficient (Wildman–Crippen LogP) is 7.13. The fraction of sp³-hybridized carbons (Fsp3) is 0.172. The predicted molar refractivity (Wildman–Crippen MR) is 152 cm³/mol. The lowest BCUT2D eigenvalue weighted by molar-refractivity contribution is 0.0703. The lowest BCUT2D eigenvalue weighted by Crippen LogP contribution is -2.17. The number of aromatic nitrogens is 1. The van der Waals surface area contributed by atoms with Gasteiger partial charge in [0.05, 0.1) is 11.0 Å². The summed E-state index contributed by atoms with van der Waals surface area (Å²) in [6.07, 6.45) is 1.69. The third kappa shape index (κ3) is 6.75. The van der Waals surface area contributed by atoms with Crippen molar-refractivity contribution in [3.8, 4) is 22.3 Å². The molecule has 0 amide bonds. The topological polar surface area (TPSA) is 88.5 Å². The van der Waals surface area contributed by atoms with Crippen molar-refractivity contribution in [1.82, 2.24) is 4.98 Å². The Hall–Kier alpha value is -3.69. The summed E-state index contributed by atoms with van der Waals surface area (Å²) in [5, 5.41) is 13.2. The van der Waals surface area contributed by atoms with Crippen molar-refractivity contribution in [2.24, 2.45) is 0 Å². The molecule has 0 saturated carbocycles. The van der Waals surface area contributed by atoms with Crippen molar-refractivity contribution in [2.45, 2.75) is 27.7 Å². The Morgan fingerprint density at radius 1 is 1.03 bits per heavy atom. The van der Waals surface area contributed by atoms with Crippen LogP contribution in [0, 0.1) is 25.7 Å². The molecule has 0 saturated heterocycles. The first-order valence-electron chi connectivity index (χ1n) is 11.7. The summed E-state index contributed by atoms with van der Waals surface area (Å²) in [5.74, 6) is 4.98. The minimum absolute atomic E-state index is 0.0565. The van der Waals surface area contributed by atoms with E-state index in [1.165, 1.54) is 7.11 Å². The second-order valence-corrected chi connectivity index (χ2v) is 11.1. The smallest absolute Gasteiger partial charge is 0.348 e. The van der Waals surface area contributed by atoms with Crippen LogP contribution < -0.4 is 10.4 Å². The summed E-state index contributed by atoms with van der Waals surface area (Å²) < 4.78 is 19.1. The molecule has 0 aliphatic heterocycles. The van der Waals surface area contributed by atoms with Crippen molar-refractivity contribution < 1.29 is 19.0 Å². The first-order valence-corrected chi connectivity index (χ1v) is 14.2. The number of carboxylic acids is 1. The van der Waals surface area contributed by atoms with Crippen LogP contribution in [0.25, 0.3) is 10.4 Å². The van der Waals surface area contributed by atoms with Gasteiger partial charge in [0.25, 0.3) is 0 Å². The number of nitrogens with zero attached hydrogens (tertiary/aromatic N) is 1. The van der Waals surface area contributed by atoms with Crippen LogP contribution >= 0.6 is 18.9 Å². The van der Waals surface area contributed by atoms with E-state index in [0.717, 1.165) is 38.5 Å². The van der Waals surface area contributed by atoms with Crippen LogP contribution in [0.3, 0.4) is 0 Å². The number of carboxylic acid groups (broad SMARTS) is 1. The van der Waals surface area contributed by atoms with Gasteiger partial charge < -0.3 is 14.7 Å². The van der Waals surface area contributed by atoms with Crippen LogP contribution in [-0.4, -0.2) is 23.2 Å². The number of carbonyl (C=O) groups is 1. The van der Waals surface area contributed by atoms with Crippen LogP contribution in [0.15, 0.2) is 72.9 Å². The summed E-state index contributed by atoms with van der Waals surface area (Å²) in [6, 6.07) is 20.3. The Labute approximate surface area is 221 Å². The van der Waals surface area contributed by atoms with Gasteiger partial charge in [-0.15, -0.1) is 11.3 Å². The lowest BCUT2D eigenvalue weighted by Gasteiger charge is -2.20. The standard InChI is InChI=1S/C27H23N2O4PS.C2H6/c1-18-7-14-24(19(2)16-18)34(32,33-3)29-23-17-25(35-26(23)27(30)31)21-11-8-20(9-12-21)10-13-22-6-4-5-15-28-22;1-2/h4-9,11-12,14-17H,1-3H3,(H,29,32)(H,30,31);1-2H3. The normalized spacial score (nSPS) is 11.8. The maximum Gasteiger partial charge on any atom is 0.348 e. The molecule has 6 nitrogen and oxygen atoms in total. The van der Waals surface area contributed by atoms with Gasteiger partial charge in [-0.05, 0) is 67.3 Å². The van der Waals surface area contributed by atoms with Gasteiger partial charge in [0.15, 0.2) is 0 Å². The molecule has 8 heteroatoms. The fourth-order valence-electron chi connectivity index (χ4n) is 3.56. The average molecular weight is 533 g/mol. The number of pyridine rings is 1. The molecule has 1 unspecified atom stereocenters. The zero-order chi connectivity index (χ0) is 27.0. The SMILES string of the molecule is CC.COP(=O)(Nc1cc(-c2ccc(C#Cc3ccccn3)cc2)sc1C(=O)O)c1ccc(C)cc1C. The Balaban J connectivity index is 0.00000186. The van der Waals surface area contributed by atoms with E-state index in [4.69, 9.17) is 4.52 Å². The van der Waals surface area contributed by atoms with E-state index in [-0.39, 0.29) is 10.6 Å². The number of aromatic carboxylic acids is 1. The van der Waals surface area contributed by atoms with E-state index in [1.54, 1.807) is 18.3 Å². The van der Waals surface area contributed by atoms with Crippen molar-refractivity contribution in [3.05, 3.63) is 100 Å². The van der Waals surface area contributed by atoms with Gasteiger partial charge in [-0.2, -0.15) is 0 Å². The third-order valence-corrected chi connectivity index (χ3v) is 8.65. The number of rotatable bonds is 6. The molecule has 4 aromatic rings. The van der Waals surface area contributed by atoms with Gasteiger partial charge >= 0.3 is 13.5 Å². The monoisotopic (exact) mass is 532 g/mol. The van der Waals surface area contributed by atoms with Crippen LogP contribution in [0.4, 0.5) is 5.69 Å². The molecule has 190 valence electrons. The maximum atomic E-state index is 13.7. The molecule has 4 rings (SSSR count). The summed E-state index contributed by atoms with van der Waals surface area (Å²) in [5.41, 5.74) is 4.41. The number of aryl methyl sites for hydroxylation is 2. The zero-order valence-corrected chi connectivity index (χ0v) is 23.1. The van der Waals surface area contributed by atoms with Crippen molar-refractivity contribution >= 4 is 35.8 Å². The first-order chi connectivity index (χ1) is 17.8. The molecule has 1 atom stereocenters. The summed E-state index contributed by atoms with van der Waals surface area (Å²) in [7, 11) is -2.20. The average Bonchev–Trinajstić information content (AvgIpc) is 3.33.